The molecule has 0 saturated heterocycles. The average molecular weight is 707 g/mol. The molecule has 0 aliphatic rings. The molecule has 0 saturated carbocycles. The van der Waals surface area contributed by atoms with E-state index in [0.29, 0.717) is 0 Å². The third-order valence-electron chi connectivity index (χ3n) is 10.1. The second-order valence-corrected chi connectivity index (χ2v) is 12.7. The van der Waals surface area contributed by atoms with E-state index in [1.54, 1.807) is 0 Å². The molecule has 8 aromatic rings. The van der Waals surface area contributed by atoms with Gasteiger partial charge in [0.15, 0.2) is 0 Å². The summed E-state index contributed by atoms with van der Waals surface area (Å²) >= 11 is 0. The minimum atomic E-state index is 0.949. The maximum atomic E-state index is 5.12. The predicted molar refractivity (Wildman–Crippen MR) is 244 cm³/mol. The molecule has 2 aromatic heterocycles. The van der Waals surface area contributed by atoms with Crippen molar-refractivity contribution >= 4 is 77.6 Å². The molecule has 54 heavy (non-hydrogen) atoms. The highest BCUT2D eigenvalue weighted by molar-refractivity contribution is 6.24. The number of rotatable bonds is 6. The number of nitrogens with zero attached hydrogens (tertiary/aromatic N) is 2. The van der Waals surface area contributed by atoms with Crippen molar-refractivity contribution in [1.29, 1.82) is 0 Å². The third-order valence-corrected chi connectivity index (χ3v) is 10.1. The van der Waals surface area contributed by atoms with E-state index in [9.17, 15) is 0 Å². The summed E-state index contributed by atoms with van der Waals surface area (Å²) in [6, 6.07) is 36.8. The molecule has 2 nitrogen and oxygen atoms in total. The first-order valence-corrected chi connectivity index (χ1v) is 19.4. The van der Waals surface area contributed by atoms with E-state index in [1.807, 2.05) is 53.7 Å². The molecule has 0 bridgehead atoms. The fourth-order valence-electron chi connectivity index (χ4n) is 7.39. The van der Waals surface area contributed by atoms with Crippen LogP contribution >= 0.6 is 0 Å². The van der Waals surface area contributed by atoms with Crippen molar-refractivity contribution in [3.05, 3.63) is 174 Å². The van der Waals surface area contributed by atoms with Crippen molar-refractivity contribution in [3.63, 3.8) is 0 Å². The number of allylic oxidation sites excluding steroid dienone is 5. The van der Waals surface area contributed by atoms with E-state index in [-0.39, 0.29) is 0 Å². The second kappa shape index (κ2) is 17.2. The van der Waals surface area contributed by atoms with E-state index in [4.69, 9.17) is 4.98 Å². The van der Waals surface area contributed by atoms with Crippen LogP contribution in [0.3, 0.4) is 0 Å². The zero-order valence-corrected chi connectivity index (χ0v) is 33.6. The van der Waals surface area contributed by atoms with Gasteiger partial charge in [-0.25, -0.2) is 4.98 Å². The van der Waals surface area contributed by atoms with E-state index in [2.05, 4.69) is 160 Å². The van der Waals surface area contributed by atoms with Crippen LogP contribution < -0.4 is 0 Å². The number of hydrogen-bond acceptors (Lipinski definition) is 1. The number of aromatic nitrogens is 2. The van der Waals surface area contributed by atoms with Crippen molar-refractivity contribution in [2.75, 3.05) is 0 Å². The molecule has 2 heterocycles. The molecule has 0 aliphatic carbocycles. The highest BCUT2D eigenvalue weighted by Crippen LogP contribution is 2.38. The lowest BCUT2D eigenvalue weighted by Crippen LogP contribution is -1.95. The molecule has 8 rings (SSSR count). The molecule has 0 amide bonds. The quantitative estimate of drug-likeness (QED) is 0.124. The molecule has 272 valence electrons. The Morgan fingerprint density at radius 2 is 1.24 bits per heavy atom. The topological polar surface area (TPSA) is 17.3 Å². The van der Waals surface area contributed by atoms with Crippen LogP contribution in [-0.2, 0) is 0 Å². The van der Waals surface area contributed by atoms with Gasteiger partial charge in [0, 0.05) is 16.2 Å². The Balaban J connectivity index is 0.000000892. The molecule has 0 fully saturated rings. The summed E-state index contributed by atoms with van der Waals surface area (Å²) in [5.74, 6) is 0. The third kappa shape index (κ3) is 6.81. The Labute approximate surface area is 322 Å². The number of imidazole rings is 1. The first-order valence-electron chi connectivity index (χ1n) is 19.4. The first kappa shape index (κ1) is 39.2. The monoisotopic (exact) mass is 706 g/mol. The van der Waals surface area contributed by atoms with Gasteiger partial charge in [0.05, 0.1) is 16.6 Å². The molecule has 0 atom stereocenters. The zero-order chi connectivity index (χ0) is 39.1. The molecule has 2 heteroatoms. The van der Waals surface area contributed by atoms with Gasteiger partial charge in [0.2, 0.25) is 0 Å². The lowest BCUT2D eigenvalue weighted by Gasteiger charge is -2.16. The molecular weight excluding hydrogens is 653 g/mol. The predicted octanol–water partition coefficient (Wildman–Crippen LogP) is 15.7. The Morgan fingerprint density at radius 1 is 0.630 bits per heavy atom. The minimum absolute atomic E-state index is 0.949. The van der Waals surface area contributed by atoms with Crippen LogP contribution in [0.15, 0.2) is 146 Å². The number of para-hydroxylation sites is 2. The molecule has 0 aliphatic heterocycles. The summed E-state index contributed by atoms with van der Waals surface area (Å²) in [6.07, 6.45) is 8.35. The molecular formula is C52H54N2. The van der Waals surface area contributed by atoms with Gasteiger partial charge in [-0.15, -0.1) is 0 Å². The van der Waals surface area contributed by atoms with Crippen molar-refractivity contribution in [2.24, 2.45) is 0 Å². The summed E-state index contributed by atoms with van der Waals surface area (Å²) in [5, 5.41) is 8.42. The second-order valence-electron chi connectivity index (χ2n) is 12.7. The SMILES string of the molecule is C=C/C(=C\C(=C)/C(C)=C/c1c(C)c(C)c(C=C)c2ccccc12)c1ccc2c(c1)c1c3ccccc3ccc1c1nc3ccccc3n21.CC.CC.CC. The minimum Gasteiger partial charge on any atom is -0.292 e. The van der Waals surface area contributed by atoms with Crippen molar-refractivity contribution in [1.82, 2.24) is 9.38 Å². The van der Waals surface area contributed by atoms with E-state index in [0.717, 1.165) is 49.9 Å². The number of pyridine rings is 1. The number of benzene rings is 6. The lowest BCUT2D eigenvalue weighted by atomic mass is 9.88. The standard InChI is InChI=1S/C46H36N2.3C2H6/c1-7-32(25-28(3)29(4)26-40-31(6)30(5)35(8-2)37-17-11-12-18-38(37)40)34-22-24-43-41(27-34)45-36-16-10-9-15-33(36)21-23-39(45)46-47-42-19-13-14-20-44(42)48(43)46;3*1-2/h7-27H,1-3H2,4-6H3;3*1-2H3/b29-26+,32-25+;;;. The maximum Gasteiger partial charge on any atom is 0.146 e. The van der Waals surface area contributed by atoms with Gasteiger partial charge in [-0.2, -0.15) is 0 Å². The molecule has 0 radical (unpaired) electrons. The van der Waals surface area contributed by atoms with Gasteiger partial charge < -0.3 is 0 Å². The smallest absolute Gasteiger partial charge is 0.146 e. The van der Waals surface area contributed by atoms with E-state index >= 15 is 0 Å². The van der Waals surface area contributed by atoms with Gasteiger partial charge in [-0.3, -0.25) is 4.40 Å². The van der Waals surface area contributed by atoms with Crippen LogP contribution in [0.2, 0.25) is 0 Å². The molecule has 6 aromatic carbocycles. The maximum absolute atomic E-state index is 5.12. The summed E-state index contributed by atoms with van der Waals surface area (Å²) < 4.78 is 2.31. The van der Waals surface area contributed by atoms with Crippen molar-refractivity contribution in [2.45, 2.75) is 62.3 Å². The van der Waals surface area contributed by atoms with Crippen LogP contribution in [0, 0.1) is 13.8 Å². The number of hydrogen-bond donors (Lipinski definition) is 0. The lowest BCUT2D eigenvalue weighted by molar-refractivity contribution is 1.31. The van der Waals surface area contributed by atoms with Crippen LogP contribution in [0.25, 0.3) is 77.6 Å². The van der Waals surface area contributed by atoms with Crippen molar-refractivity contribution in [3.8, 4) is 0 Å². The average Bonchev–Trinajstić information content (AvgIpc) is 3.63. The first-order chi connectivity index (χ1) is 26.4. The van der Waals surface area contributed by atoms with E-state index < -0.39 is 0 Å². The largest absolute Gasteiger partial charge is 0.292 e. The summed E-state index contributed by atoms with van der Waals surface area (Å²) in [4.78, 5) is 5.12. The van der Waals surface area contributed by atoms with Gasteiger partial charge in [-0.05, 0) is 123 Å². The molecule has 0 unspecified atom stereocenters. The van der Waals surface area contributed by atoms with Crippen LogP contribution in [0.5, 0.6) is 0 Å². The Hall–Kier alpha value is -5.99. The van der Waals surface area contributed by atoms with Crippen LogP contribution in [-0.4, -0.2) is 9.38 Å². The fraction of sp³-hybridized carbons (Fsp3) is 0.173. The number of fused-ring (bicyclic) bond motifs is 11. The highest BCUT2D eigenvalue weighted by atomic mass is 15.0. The van der Waals surface area contributed by atoms with Gasteiger partial charge in [0.25, 0.3) is 0 Å². The summed E-state index contributed by atoms with van der Waals surface area (Å²) in [6.45, 7) is 31.4. The van der Waals surface area contributed by atoms with Gasteiger partial charge in [0.1, 0.15) is 5.65 Å². The van der Waals surface area contributed by atoms with E-state index in [1.165, 1.54) is 54.6 Å². The zero-order valence-electron chi connectivity index (χ0n) is 33.6. The fourth-order valence-corrected chi connectivity index (χ4v) is 7.39. The molecule has 0 spiro atoms. The summed E-state index contributed by atoms with van der Waals surface area (Å²) in [5.41, 5.74) is 13.3. The van der Waals surface area contributed by atoms with Crippen LogP contribution in [0.1, 0.15) is 76.3 Å². The molecule has 0 N–H and O–H groups in total. The Morgan fingerprint density at radius 3 is 1.93 bits per heavy atom. The summed E-state index contributed by atoms with van der Waals surface area (Å²) in [7, 11) is 0. The Kier molecular flexibility index (Phi) is 12.5. The van der Waals surface area contributed by atoms with Gasteiger partial charge in [-0.1, -0.05) is 152 Å². The van der Waals surface area contributed by atoms with Crippen molar-refractivity contribution < 1.29 is 0 Å². The highest BCUT2D eigenvalue weighted by Gasteiger charge is 2.17. The Bertz CT molecular complexity index is 2750. The van der Waals surface area contributed by atoms with Gasteiger partial charge >= 0.3 is 0 Å². The van der Waals surface area contributed by atoms with Crippen LogP contribution in [0.4, 0.5) is 0 Å². The normalized spacial score (nSPS) is 11.5.